The number of benzene rings is 1. The van der Waals surface area contributed by atoms with Crippen LogP contribution in [0.1, 0.15) is 25.7 Å². The van der Waals surface area contributed by atoms with Crippen LogP contribution in [0.4, 0.5) is 0 Å². The van der Waals surface area contributed by atoms with Gasteiger partial charge in [0.1, 0.15) is 0 Å². The molecular formula is C11H14ClN5. The lowest BCUT2D eigenvalue weighted by Crippen LogP contribution is -2.21. The van der Waals surface area contributed by atoms with Gasteiger partial charge in [-0.2, -0.15) is 4.68 Å². The van der Waals surface area contributed by atoms with Crippen molar-refractivity contribution >= 4 is 11.6 Å². The largest absolute Gasteiger partial charge is 0.308 e. The van der Waals surface area contributed by atoms with E-state index in [2.05, 4.69) is 20.8 Å². The van der Waals surface area contributed by atoms with Crippen molar-refractivity contribution in [1.82, 2.24) is 25.5 Å². The van der Waals surface area contributed by atoms with Gasteiger partial charge in [0.25, 0.3) is 0 Å². The second kappa shape index (κ2) is 5.25. The molecule has 0 spiro atoms. The summed E-state index contributed by atoms with van der Waals surface area (Å²) >= 11 is 6.13. The number of tetrazole rings is 1. The van der Waals surface area contributed by atoms with E-state index in [0.29, 0.717) is 5.02 Å². The summed E-state index contributed by atoms with van der Waals surface area (Å²) in [6, 6.07) is 7.57. The lowest BCUT2D eigenvalue weighted by molar-refractivity contribution is 0.550. The minimum absolute atomic E-state index is 0.0753. The molecule has 2 aromatic rings. The molecule has 0 aliphatic carbocycles. The Balaban J connectivity index is 2.40. The van der Waals surface area contributed by atoms with Crippen LogP contribution in [-0.4, -0.2) is 26.8 Å². The van der Waals surface area contributed by atoms with Crippen molar-refractivity contribution in [3.63, 3.8) is 0 Å². The first-order chi connectivity index (χ1) is 8.24. The van der Waals surface area contributed by atoms with Gasteiger partial charge in [-0.25, -0.2) is 0 Å². The van der Waals surface area contributed by atoms with Gasteiger partial charge in [0, 0.05) is 0 Å². The molecule has 0 amide bonds. The molecule has 1 atom stereocenters. The normalized spacial score (nSPS) is 12.6. The summed E-state index contributed by atoms with van der Waals surface area (Å²) in [5.74, 6) is 0.750. The maximum absolute atomic E-state index is 6.13. The van der Waals surface area contributed by atoms with E-state index in [-0.39, 0.29) is 6.04 Å². The molecule has 0 saturated carbocycles. The minimum atomic E-state index is 0.0753. The number of nitrogens with one attached hydrogen (secondary N) is 1. The van der Waals surface area contributed by atoms with E-state index >= 15 is 0 Å². The average Bonchev–Trinajstić information content (AvgIpc) is 2.79. The second-order valence-corrected chi connectivity index (χ2v) is 4.09. The zero-order chi connectivity index (χ0) is 12.3. The third-order valence-electron chi connectivity index (χ3n) is 2.47. The smallest absolute Gasteiger partial charge is 0.173 e. The van der Waals surface area contributed by atoms with Gasteiger partial charge in [-0.05, 0) is 36.0 Å². The summed E-state index contributed by atoms with van der Waals surface area (Å²) in [5.41, 5.74) is 0.791. The van der Waals surface area contributed by atoms with Crippen LogP contribution in [0.2, 0.25) is 5.02 Å². The van der Waals surface area contributed by atoms with Crippen molar-refractivity contribution in [2.75, 3.05) is 6.54 Å². The highest BCUT2D eigenvalue weighted by Gasteiger charge is 2.15. The SMILES string of the molecule is CCNC(C)c1nnnn1-c1ccccc1Cl. The molecule has 0 radical (unpaired) electrons. The number of rotatable bonds is 4. The highest BCUT2D eigenvalue weighted by Crippen LogP contribution is 2.21. The van der Waals surface area contributed by atoms with Gasteiger partial charge in [0.2, 0.25) is 0 Å². The topological polar surface area (TPSA) is 55.6 Å². The van der Waals surface area contributed by atoms with Crippen molar-refractivity contribution in [2.24, 2.45) is 0 Å². The van der Waals surface area contributed by atoms with E-state index in [0.717, 1.165) is 18.1 Å². The molecule has 90 valence electrons. The molecule has 17 heavy (non-hydrogen) atoms. The molecule has 0 saturated heterocycles. The molecular weight excluding hydrogens is 238 g/mol. The van der Waals surface area contributed by atoms with Crippen LogP contribution in [0.5, 0.6) is 0 Å². The lowest BCUT2D eigenvalue weighted by Gasteiger charge is -2.12. The fourth-order valence-electron chi connectivity index (χ4n) is 1.66. The molecule has 0 aliphatic heterocycles. The summed E-state index contributed by atoms with van der Waals surface area (Å²) in [6.45, 7) is 4.92. The van der Waals surface area contributed by atoms with Crippen molar-refractivity contribution in [3.8, 4) is 5.69 Å². The Morgan fingerprint density at radius 1 is 1.41 bits per heavy atom. The number of para-hydroxylation sites is 1. The van der Waals surface area contributed by atoms with Gasteiger partial charge >= 0.3 is 0 Å². The third-order valence-corrected chi connectivity index (χ3v) is 2.79. The van der Waals surface area contributed by atoms with Crippen LogP contribution in [0, 0.1) is 0 Å². The molecule has 0 fully saturated rings. The Morgan fingerprint density at radius 2 is 2.18 bits per heavy atom. The van der Waals surface area contributed by atoms with E-state index in [1.165, 1.54) is 0 Å². The number of hydrogen-bond donors (Lipinski definition) is 1. The number of halogens is 1. The summed E-state index contributed by atoms with van der Waals surface area (Å²) in [5, 5.41) is 15.6. The molecule has 1 aromatic heterocycles. The van der Waals surface area contributed by atoms with E-state index in [1.54, 1.807) is 4.68 Å². The predicted molar refractivity (Wildman–Crippen MR) is 66.3 cm³/mol. The standard InChI is InChI=1S/C11H14ClN5/c1-3-13-8(2)11-14-15-16-17(11)10-7-5-4-6-9(10)12/h4-8,13H,3H2,1-2H3. The van der Waals surface area contributed by atoms with Crippen molar-refractivity contribution < 1.29 is 0 Å². The zero-order valence-electron chi connectivity index (χ0n) is 9.76. The molecule has 6 heteroatoms. The monoisotopic (exact) mass is 251 g/mol. The molecule has 1 N–H and O–H groups in total. The maximum Gasteiger partial charge on any atom is 0.173 e. The second-order valence-electron chi connectivity index (χ2n) is 3.68. The van der Waals surface area contributed by atoms with Crippen molar-refractivity contribution in [3.05, 3.63) is 35.1 Å². The Labute approximate surface area is 105 Å². The first-order valence-corrected chi connectivity index (χ1v) is 5.88. The summed E-state index contributed by atoms with van der Waals surface area (Å²) < 4.78 is 1.66. The fourth-order valence-corrected chi connectivity index (χ4v) is 1.87. The van der Waals surface area contributed by atoms with Crippen molar-refractivity contribution in [2.45, 2.75) is 19.9 Å². The maximum atomic E-state index is 6.13. The first-order valence-electron chi connectivity index (χ1n) is 5.50. The van der Waals surface area contributed by atoms with E-state index in [1.807, 2.05) is 38.1 Å². The van der Waals surface area contributed by atoms with Gasteiger partial charge in [0.05, 0.1) is 16.8 Å². The summed E-state index contributed by atoms with van der Waals surface area (Å²) in [6.07, 6.45) is 0. The van der Waals surface area contributed by atoms with Crippen LogP contribution in [0.15, 0.2) is 24.3 Å². The molecule has 0 aliphatic rings. The Morgan fingerprint density at radius 3 is 2.88 bits per heavy atom. The van der Waals surface area contributed by atoms with Gasteiger partial charge in [0.15, 0.2) is 5.82 Å². The van der Waals surface area contributed by atoms with E-state index in [9.17, 15) is 0 Å². The Hall–Kier alpha value is -1.46. The molecule has 2 rings (SSSR count). The van der Waals surface area contributed by atoms with Crippen LogP contribution in [0.25, 0.3) is 5.69 Å². The summed E-state index contributed by atoms with van der Waals surface area (Å²) in [4.78, 5) is 0. The fraction of sp³-hybridized carbons (Fsp3) is 0.364. The Bertz CT molecular complexity index is 496. The molecule has 1 heterocycles. The predicted octanol–water partition coefficient (Wildman–Crippen LogP) is 1.99. The van der Waals surface area contributed by atoms with Crippen LogP contribution in [0.3, 0.4) is 0 Å². The number of aromatic nitrogens is 4. The molecule has 5 nitrogen and oxygen atoms in total. The van der Waals surface area contributed by atoms with Crippen molar-refractivity contribution in [1.29, 1.82) is 0 Å². The number of nitrogens with zero attached hydrogens (tertiary/aromatic N) is 4. The number of hydrogen-bond acceptors (Lipinski definition) is 4. The van der Waals surface area contributed by atoms with Crippen LogP contribution < -0.4 is 5.32 Å². The van der Waals surface area contributed by atoms with Gasteiger partial charge in [-0.1, -0.05) is 30.7 Å². The molecule has 1 unspecified atom stereocenters. The zero-order valence-corrected chi connectivity index (χ0v) is 10.5. The highest BCUT2D eigenvalue weighted by atomic mass is 35.5. The molecule has 0 bridgehead atoms. The first kappa shape index (κ1) is 12.0. The molecule has 1 aromatic carbocycles. The lowest BCUT2D eigenvalue weighted by atomic mass is 10.3. The van der Waals surface area contributed by atoms with E-state index in [4.69, 9.17) is 11.6 Å². The average molecular weight is 252 g/mol. The van der Waals surface area contributed by atoms with E-state index < -0.39 is 0 Å². The minimum Gasteiger partial charge on any atom is -0.308 e. The Kier molecular flexibility index (Phi) is 3.71. The quantitative estimate of drug-likeness (QED) is 0.903. The van der Waals surface area contributed by atoms with Gasteiger partial charge in [-0.3, -0.25) is 0 Å². The highest BCUT2D eigenvalue weighted by molar-refractivity contribution is 6.32. The van der Waals surface area contributed by atoms with Gasteiger partial charge in [-0.15, -0.1) is 5.10 Å². The van der Waals surface area contributed by atoms with Crippen LogP contribution in [-0.2, 0) is 0 Å². The third kappa shape index (κ3) is 2.45. The summed E-state index contributed by atoms with van der Waals surface area (Å²) in [7, 11) is 0. The van der Waals surface area contributed by atoms with Gasteiger partial charge < -0.3 is 5.32 Å². The van der Waals surface area contributed by atoms with Crippen LogP contribution >= 0.6 is 11.6 Å².